The predicted octanol–water partition coefficient (Wildman–Crippen LogP) is 1.91. The molecule has 3 heteroatoms. The van der Waals surface area contributed by atoms with Crippen LogP contribution in [0.5, 0.6) is 0 Å². The highest BCUT2D eigenvalue weighted by molar-refractivity contribution is 5.33. The minimum atomic E-state index is 0.404. The molecule has 0 spiro atoms. The molecular formula is C9H15N3. The molecule has 0 aliphatic rings. The molecule has 1 rings (SSSR count). The summed E-state index contributed by atoms with van der Waals surface area (Å²) in [5.74, 6) is 0.855. The molecule has 0 fully saturated rings. The van der Waals surface area contributed by atoms with Gasteiger partial charge in [0.2, 0.25) is 0 Å². The molecule has 0 saturated carbocycles. The number of nitrogens with zero attached hydrogens (tertiary/aromatic N) is 2. The number of hydrogen-bond acceptors (Lipinski definition) is 3. The molecule has 1 heterocycles. The zero-order valence-corrected chi connectivity index (χ0v) is 8.05. The van der Waals surface area contributed by atoms with Crippen LogP contribution in [0, 0.1) is 13.8 Å². The first-order valence-corrected chi connectivity index (χ1v) is 4.16. The topological polar surface area (TPSA) is 37.8 Å². The minimum Gasteiger partial charge on any atom is -0.367 e. The average molecular weight is 165 g/mol. The second-order valence-corrected chi connectivity index (χ2v) is 3.23. The van der Waals surface area contributed by atoms with E-state index in [1.807, 2.05) is 13.8 Å². The van der Waals surface area contributed by atoms with Crippen molar-refractivity contribution in [1.29, 1.82) is 0 Å². The van der Waals surface area contributed by atoms with E-state index in [-0.39, 0.29) is 0 Å². The van der Waals surface area contributed by atoms with Crippen LogP contribution in [-0.2, 0) is 0 Å². The summed E-state index contributed by atoms with van der Waals surface area (Å²) in [6.07, 6.45) is 1.77. The molecule has 66 valence electrons. The Morgan fingerprint density at radius 2 is 1.92 bits per heavy atom. The van der Waals surface area contributed by atoms with Gasteiger partial charge in [-0.1, -0.05) is 0 Å². The maximum absolute atomic E-state index is 4.34. The summed E-state index contributed by atoms with van der Waals surface area (Å²) in [7, 11) is 0. The van der Waals surface area contributed by atoms with Gasteiger partial charge in [0.05, 0.1) is 17.6 Å². The second kappa shape index (κ2) is 3.52. The van der Waals surface area contributed by atoms with Gasteiger partial charge < -0.3 is 5.32 Å². The third-order valence-electron chi connectivity index (χ3n) is 1.63. The van der Waals surface area contributed by atoms with Crippen molar-refractivity contribution >= 4 is 5.82 Å². The molecule has 0 aliphatic heterocycles. The van der Waals surface area contributed by atoms with Crippen LogP contribution >= 0.6 is 0 Å². The Hall–Kier alpha value is -1.12. The van der Waals surface area contributed by atoms with Gasteiger partial charge in [-0.2, -0.15) is 0 Å². The highest BCUT2D eigenvalue weighted by Crippen LogP contribution is 2.06. The summed E-state index contributed by atoms with van der Waals surface area (Å²) in [5, 5.41) is 3.20. The summed E-state index contributed by atoms with van der Waals surface area (Å²) in [6, 6.07) is 0.404. The van der Waals surface area contributed by atoms with Crippen LogP contribution < -0.4 is 5.32 Å². The lowest BCUT2D eigenvalue weighted by Crippen LogP contribution is -2.12. The summed E-state index contributed by atoms with van der Waals surface area (Å²) < 4.78 is 0. The molecule has 12 heavy (non-hydrogen) atoms. The molecule has 0 atom stereocenters. The van der Waals surface area contributed by atoms with Crippen LogP contribution in [0.1, 0.15) is 25.2 Å². The third kappa shape index (κ3) is 2.19. The lowest BCUT2D eigenvalue weighted by Gasteiger charge is -2.09. The van der Waals surface area contributed by atoms with Gasteiger partial charge in [0.1, 0.15) is 5.82 Å². The van der Waals surface area contributed by atoms with Crippen LogP contribution in [-0.4, -0.2) is 16.0 Å². The van der Waals surface area contributed by atoms with E-state index in [0.717, 1.165) is 17.2 Å². The first-order valence-electron chi connectivity index (χ1n) is 4.16. The second-order valence-electron chi connectivity index (χ2n) is 3.23. The summed E-state index contributed by atoms with van der Waals surface area (Å²) in [5.41, 5.74) is 1.98. The first kappa shape index (κ1) is 8.97. The normalized spacial score (nSPS) is 10.4. The van der Waals surface area contributed by atoms with E-state index in [4.69, 9.17) is 0 Å². The van der Waals surface area contributed by atoms with Crippen LogP contribution in [0.25, 0.3) is 0 Å². The van der Waals surface area contributed by atoms with E-state index < -0.39 is 0 Å². The molecule has 0 aromatic carbocycles. The SMILES string of the molecule is Cc1ncc(NC(C)C)nc1C. The van der Waals surface area contributed by atoms with E-state index in [1.165, 1.54) is 0 Å². The van der Waals surface area contributed by atoms with Gasteiger partial charge in [-0.05, 0) is 27.7 Å². The lowest BCUT2D eigenvalue weighted by molar-refractivity contribution is 0.878. The molecule has 0 bridgehead atoms. The quantitative estimate of drug-likeness (QED) is 0.727. The smallest absolute Gasteiger partial charge is 0.145 e. The van der Waals surface area contributed by atoms with Crippen LogP contribution in [0.15, 0.2) is 6.20 Å². The van der Waals surface area contributed by atoms with E-state index >= 15 is 0 Å². The zero-order valence-electron chi connectivity index (χ0n) is 8.05. The van der Waals surface area contributed by atoms with E-state index in [0.29, 0.717) is 6.04 Å². The molecule has 1 aromatic rings. The number of aryl methyl sites for hydroxylation is 2. The van der Waals surface area contributed by atoms with E-state index in [2.05, 4.69) is 29.1 Å². The Labute approximate surface area is 73.2 Å². The first-order chi connectivity index (χ1) is 5.59. The van der Waals surface area contributed by atoms with Gasteiger partial charge in [0, 0.05) is 6.04 Å². The van der Waals surface area contributed by atoms with Crippen molar-refractivity contribution in [2.45, 2.75) is 33.7 Å². The van der Waals surface area contributed by atoms with Gasteiger partial charge >= 0.3 is 0 Å². The molecule has 1 aromatic heterocycles. The fourth-order valence-electron chi connectivity index (χ4n) is 0.907. The summed E-state index contributed by atoms with van der Waals surface area (Å²) in [6.45, 7) is 8.09. The molecule has 0 aliphatic carbocycles. The van der Waals surface area contributed by atoms with E-state index in [9.17, 15) is 0 Å². The van der Waals surface area contributed by atoms with Crippen molar-refractivity contribution in [3.63, 3.8) is 0 Å². The molecule has 0 radical (unpaired) electrons. The highest BCUT2D eigenvalue weighted by atomic mass is 15.0. The van der Waals surface area contributed by atoms with Crippen LogP contribution in [0.3, 0.4) is 0 Å². The zero-order chi connectivity index (χ0) is 9.14. The number of rotatable bonds is 2. The third-order valence-corrected chi connectivity index (χ3v) is 1.63. The highest BCUT2D eigenvalue weighted by Gasteiger charge is 1.99. The fourth-order valence-corrected chi connectivity index (χ4v) is 0.907. The maximum atomic E-state index is 4.34. The van der Waals surface area contributed by atoms with Gasteiger partial charge in [0.25, 0.3) is 0 Å². The number of nitrogens with one attached hydrogen (secondary N) is 1. The van der Waals surface area contributed by atoms with Gasteiger partial charge in [0.15, 0.2) is 0 Å². The number of aromatic nitrogens is 2. The van der Waals surface area contributed by atoms with Crippen molar-refractivity contribution in [2.75, 3.05) is 5.32 Å². The van der Waals surface area contributed by atoms with E-state index in [1.54, 1.807) is 6.20 Å². The lowest BCUT2D eigenvalue weighted by atomic mass is 10.3. The molecule has 0 amide bonds. The minimum absolute atomic E-state index is 0.404. The van der Waals surface area contributed by atoms with Crippen molar-refractivity contribution in [2.24, 2.45) is 0 Å². The molecular weight excluding hydrogens is 150 g/mol. The van der Waals surface area contributed by atoms with Crippen molar-refractivity contribution in [1.82, 2.24) is 9.97 Å². The summed E-state index contributed by atoms with van der Waals surface area (Å²) >= 11 is 0. The molecule has 0 saturated heterocycles. The standard InChI is InChI=1S/C9H15N3/c1-6(2)11-9-5-10-7(3)8(4)12-9/h5-6H,1-4H3,(H,11,12). The summed E-state index contributed by atoms with van der Waals surface area (Å²) in [4.78, 5) is 8.55. The molecule has 1 N–H and O–H groups in total. The van der Waals surface area contributed by atoms with Gasteiger partial charge in [-0.3, -0.25) is 4.98 Å². The number of hydrogen-bond donors (Lipinski definition) is 1. The largest absolute Gasteiger partial charge is 0.367 e. The maximum Gasteiger partial charge on any atom is 0.145 e. The van der Waals surface area contributed by atoms with Crippen molar-refractivity contribution < 1.29 is 0 Å². The average Bonchev–Trinajstić information content (AvgIpc) is 1.96. The Kier molecular flexibility index (Phi) is 2.63. The van der Waals surface area contributed by atoms with Crippen molar-refractivity contribution in [3.05, 3.63) is 17.6 Å². The Bertz CT molecular complexity index is 268. The van der Waals surface area contributed by atoms with Gasteiger partial charge in [-0.25, -0.2) is 4.98 Å². The van der Waals surface area contributed by atoms with Crippen LogP contribution in [0.4, 0.5) is 5.82 Å². The molecule has 3 nitrogen and oxygen atoms in total. The van der Waals surface area contributed by atoms with Crippen LogP contribution in [0.2, 0.25) is 0 Å². The van der Waals surface area contributed by atoms with Gasteiger partial charge in [-0.15, -0.1) is 0 Å². The number of anilines is 1. The predicted molar refractivity (Wildman–Crippen MR) is 50.3 cm³/mol. The fraction of sp³-hybridized carbons (Fsp3) is 0.556. The Balaban J connectivity index is 2.82. The Morgan fingerprint density at radius 1 is 1.25 bits per heavy atom. The molecule has 0 unspecified atom stereocenters. The Morgan fingerprint density at radius 3 is 2.42 bits per heavy atom. The van der Waals surface area contributed by atoms with Crippen molar-refractivity contribution in [3.8, 4) is 0 Å². The monoisotopic (exact) mass is 165 g/mol.